The van der Waals surface area contributed by atoms with E-state index in [9.17, 15) is 9.59 Å². The highest BCUT2D eigenvalue weighted by atomic mass is 16.5. The standard InChI is InChI=1S/C14H27NO3/c1-5-13(17)15-9-11-18-10-7-12(16)6-8-14(2,3)4/h5-11H2,1-4H3,(H,15,17). The summed E-state index contributed by atoms with van der Waals surface area (Å²) in [4.78, 5) is 22.4. The molecule has 18 heavy (non-hydrogen) atoms. The van der Waals surface area contributed by atoms with E-state index in [1.807, 2.05) is 6.92 Å². The number of ketones is 1. The lowest BCUT2D eigenvalue weighted by Gasteiger charge is -2.16. The molecule has 0 heterocycles. The van der Waals surface area contributed by atoms with E-state index in [1.54, 1.807) is 0 Å². The predicted molar refractivity (Wildman–Crippen MR) is 72.4 cm³/mol. The summed E-state index contributed by atoms with van der Waals surface area (Å²) in [5, 5.41) is 2.72. The topological polar surface area (TPSA) is 55.4 Å². The molecule has 0 aliphatic carbocycles. The van der Waals surface area contributed by atoms with Crippen molar-refractivity contribution in [2.45, 2.75) is 53.4 Å². The monoisotopic (exact) mass is 257 g/mol. The third-order valence-electron chi connectivity index (χ3n) is 2.57. The minimum absolute atomic E-state index is 0.0276. The first-order valence-electron chi connectivity index (χ1n) is 6.71. The van der Waals surface area contributed by atoms with Crippen molar-refractivity contribution in [2.24, 2.45) is 5.41 Å². The second-order valence-corrected chi connectivity index (χ2v) is 5.67. The van der Waals surface area contributed by atoms with Gasteiger partial charge in [0.2, 0.25) is 5.91 Å². The third-order valence-corrected chi connectivity index (χ3v) is 2.57. The molecule has 0 unspecified atom stereocenters. The Bertz CT molecular complexity index is 256. The molecule has 1 amide bonds. The molecule has 0 saturated carbocycles. The molecule has 0 rings (SSSR count). The number of Topliss-reactive ketones (excluding diaryl/α,β-unsaturated/α-hetero) is 1. The number of hydrogen-bond acceptors (Lipinski definition) is 3. The number of ether oxygens (including phenoxy) is 1. The van der Waals surface area contributed by atoms with Crippen molar-refractivity contribution < 1.29 is 14.3 Å². The molecule has 0 spiro atoms. The van der Waals surface area contributed by atoms with Crippen LogP contribution in [0.3, 0.4) is 0 Å². The molecule has 0 aliphatic rings. The Morgan fingerprint density at radius 2 is 1.78 bits per heavy atom. The summed E-state index contributed by atoms with van der Waals surface area (Å²) in [6.07, 6.45) is 2.50. The maximum Gasteiger partial charge on any atom is 0.219 e. The summed E-state index contributed by atoms with van der Waals surface area (Å²) in [5.41, 5.74) is 0.209. The van der Waals surface area contributed by atoms with Crippen LogP contribution in [0.5, 0.6) is 0 Å². The second kappa shape index (κ2) is 9.09. The smallest absolute Gasteiger partial charge is 0.219 e. The quantitative estimate of drug-likeness (QED) is 0.645. The Morgan fingerprint density at radius 1 is 1.11 bits per heavy atom. The molecule has 4 nitrogen and oxygen atoms in total. The molecule has 0 aromatic carbocycles. The van der Waals surface area contributed by atoms with Gasteiger partial charge in [-0.15, -0.1) is 0 Å². The molecule has 0 fully saturated rings. The molecule has 0 saturated heterocycles. The van der Waals surface area contributed by atoms with Gasteiger partial charge in [0.1, 0.15) is 5.78 Å². The van der Waals surface area contributed by atoms with E-state index in [4.69, 9.17) is 4.74 Å². The molecule has 0 radical (unpaired) electrons. The lowest BCUT2D eigenvalue weighted by molar-refractivity contribution is -0.122. The number of hydrogen-bond donors (Lipinski definition) is 1. The van der Waals surface area contributed by atoms with Gasteiger partial charge in [-0.05, 0) is 11.8 Å². The Kier molecular flexibility index (Phi) is 8.63. The highest BCUT2D eigenvalue weighted by Crippen LogP contribution is 2.20. The zero-order chi connectivity index (χ0) is 14.0. The van der Waals surface area contributed by atoms with Crippen LogP contribution in [0.4, 0.5) is 0 Å². The van der Waals surface area contributed by atoms with E-state index >= 15 is 0 Å². The first kappa shape index (κ1) is 17.1. The summed E-state index contributed by atoms with van der Waals surface area (Å²) in [5.74, 6) is 0.280. The van der Waals surface area contributed by atoms with Gasteiger partial charge in [0.25, 0.3) is 0 Å². The lowest BCUT2D eigenvalue weighted by Crippen LogP contribution is -2.26. The van der Waals surface area contributed by atoms with Crippen molar-refractivity contribution in [1.29, 1.82) is 0 Å². The summed E-state index contributed by atoms with van der Waals surface area (Å²) in [6.45, 7) is 9.64. The number of amides is 1. The van der Waals surface area contributed by atoms with Crippen LogP contribution in [0, 0.1) is 5.41 Å². The van der Waals surface area contributed by atoms with E-state index in [0.29, 0.717) is 39.0 Å². The maximum atomic E-state index is 11.5. The Hall–Kier alpha value is -0.900. The maximum absolute atomic E-state index is 11.5. The Labute approximate surface area is 110 Å². The zero-order valence-electron chi connectivity index (χ0n) is 12.2. The fourth-order valence-electron chi connectivity index (χ4n) is 1.32. The van der Waals surface area contributed by atoms with Crippen molar-refractivity contribution in [3.05, 3.63) is 0 Å². The highest BCUT2D eigenvalue weighted by Gasteiger charge is 2.12. The van der Waals surface area contributed by atoms with Gasteiger partial charge in [0.05, 0.1) is 13.2 Å². The molecule has 0 aromatic heterocycles. The minimum atomic E-state index is 0.0276. The van der Waals surface area contributed by atoms with Gasteiger partial charge >= 0.3 is 0 Å². The Balaban J connectivity index is 3.38. The fourth-order valence-corrected chi connectivity index (χ4v) is 1.32. The summed E-state index contributed by atoms with van der Waals surface area (Å²) >= 11 is 0. The first-order chi connectivity index (χ1) is 8.35. The summed E-state index contributed by atoms with van der Waals surface area (Å²) in [7, 11) is 0. The van der Waals surface area contributed by atoms with Crippen molar-refractivity contribution >= 4 is 11.7 Å². The van der Waals surface area contributed by atoms with Crippen molar-refractivity contribution in [1.82, 2.24) is 5.32 Å². The van der Waals surface area contributed by atoms with E-state index in [1.165, 1.54) is 0 Å². The predicted octanol–water partition coefficient (Wildman–Crippen LogP) is 2.31. The molecule has 4 heteroatoms. The van der Waals surface area contributed by atoms with Crippen LogP contribution >= 0.6 is 0 Å². The van der Waals surface area contributed by atoms with Crippen LogP contribution in [0.25, 0.3) is 0 Å². The molecule has 0 aromatic rings. The van der Waals surface area contributed by atoms with Crippen molar-refractivity contribution in [3.63, 3.8) is 0 Å². The van der Waals surface area contributed by atoms with Gasteiger partial charge in [-0.1, -0.05) is 27.7 Å². The first-order valence-corrected chi connectivity index (χ1v) is 6.71. The van der Waals surface area contributed by atoms with Gasteiger partial charge in [-0.3, -0.25) is 9.59 Å². The van der Waals surface area contributed by atoms with E-state index in [2.05, 4.69) is 26.1 Å². The fraction of sp³-hybridized carbons (Fsp3) is 0.857. The normalized spacial score (nSPS) is 11.3. The van der Waals surface area contributed by atoms with Crippen molar-refractivity contribution in [3.8, 4) is 0 Å². The number of nitrogens with one attached hydrogen (secondary N) is 1. The number of carbonyl (C=O) groups excluding carboxylic acids is 2. The second-order valence-electron chi connectivity index (χ2n) is 5.67. The average Bonchev–Trinajstić information content (AvgIpc) is 2.29. The molecular weight excluding hydrogens is 230 g/mol. The molecule has 0 aliphatic heterocycles. The van der Waals surface area contributed by atoms with Crippen LogP contribution in [0.15, 0.2) is 0 Å². The van der Waals surface area contributed by atoms with Crippen molar-refractivity contribution in [2.75, 3.05) is 19.8 Å². The van der Waals surface area contributed by atoms with Gasteiger partial charge in [0, 0.05) is 25.8 Å². The van der Waals surface area contributed by atoms with Gasteiger partial charge < -0.3 is 10.1 Å². The highest BCUT2D eigenvalue weighted by molar-refractivity contribution is 5.78. The van der Waals surface area contributed by atoms with Gasteiger partial charge in [-0.2, -0.15) is 0 Å². The summed E-state index contributed by atoms with van der Waals surface area (Å²) < 4.78 is 5.30. The largest absolute Gasteiger partial charge is 0.379 e. The minimum Gasteiger partial charge on any atom is -0.379 e. The SMILES string of the molecule is CCC(=O)NCCOCCC(=O)CCC(C)(C)C. The van der Waals surface area contributed by atoms with Crippen LogP contribution in [-0.4, -0.2) is 31.4 Å². The van der Waals surface area contributed by atoms with Gasteiger partial charge in [0.15, 0.2) is 0 Å². The average molecular weight is 257 g/mol. The zero-order valence-corrected chi connectivity index (χ0v) is 12.2. The van der Waals surface area contributed by atoms with Crippen LogP contribution in [0.1, 0.15) is 53.4 Å². The lowest BCUT2D eigenvalue weighted by atomic mass is 9.89. The Morgan fingerprint density at radius 3 is 2.33 bits per heavy atom. The van der Waals surface area contributed by atoms with Crippen LogP contribution in [-0.2, 0) is 14.3 Å². The molecule has 1 N–H and O–H groups in total. The van der Waals surface area contributed by atoms with Gasteiger partial charge in [-0.25, -0.2) is 0 Å². The van der Waals surface area contributed by atoms with E-state index < -0.39 is 0 Å². The van der Waals surface area contributed by atoms with Crippen LogP contribution in [0.2, 0.25) is 0 Å². The summed E-state index contributed by atoms with van der Waals surface area (Å²) in [6, 6.07) is 0. The molecule has 0 bridgehead atoms. The number of rotatable bonds is 9. The molecule has 0 atom stereocenters. The third kappa shape index (κ3) is 11.6. The van der Waals surface area contributed by atoms with E-state index in [-0.39, 0.29) is 17.1 Å². The number of carbonyl (C=O) groups is 2. The molecular formula is C14H27NO3. The molecule has 106 valence electrons. The van der Waals surface area contributed by atoms with E-state index in [0.717, 1.165) is 6.42 Å². The van der Waals surface area contributed by atoms with Crippen LogP contribution < -0.4 is 5.32 Å².